The fourth-order valence-corrected chi connectivity index (χ4v) is 1.70. The van der Waals surface area contributed by atoms with E-state index in [1.54, 1.807) is 24.3 Å². The molecule has 0 aromatic heterocycles. The van der Waals surface area contributed by atoms with Crippen molar-refractivity contribution < 1.29 is 14.7 Å². The third-order valence-electron chi connectivity index (χ3n) is 2.15. The Hall–Kier alpha value is -0.870. The smallest absolute Gasteiger partial charge is 0.311 e. The van der Waals surface area contributed by atoms with Gasteiger partial charge in [0, 0.05) is 10.9 Å². The second-order valence-electron chi connectivity index (χ2n) is 3.32. The highest BCUT2D eigenvalue weighted by molar-refractivity contribution is 9.10. The number of Topliss-reactive ketones (excluding diaryl/α,β-unsaturated/α-hetero) is 1. The minimum Gasteiger partial charge on any atom is -0.481 e. The molecule has 0 spiro atoms. The molecule has 1 aromatic rings. The van der Waals surface area contributed by atoms with Crippen LogP contribution in [0.15, 0.2) is 28.7 Å². The standard InChI is InChI=1S/C11H10BrClO3/c12-8-3-1-7(2-4-8)10(11(15)16)5-9(14)6-13/h1-4,10H,5-6H2,(H,15,16). The summed E-state index contributed by atoms with van der Waals surface area (Å²) in [6.45, 7) is 0. The molecule has 1 atom stereocenters. The Labute approximate surface area is 107 Å². The van der Waals surface area contributed by atoms with E-state index >= 15 is 0 Å². The number of hydrogen-bond acceptors (Lipinski definition) is 2. The van der Waals surface area contributed by atoms with Gasteiger partial charge in [0.25, 0.3) is 0 Å². The lowest BCUT2D eigenvalue weighted by molar-refractivity contribution is -0.140. The number of ketones is 1. The lowest BCUT2D eigenvalue weighted by Gasteiger charge is -2.11. The maximum absolute atomic E-state index is 11.2. The van der Waals surface area contributed by atoms with E-state index in [2.05, 4.69) is 15.9 Å². The van der Waals surface area contributed by atoms with Crippen LogP contribution in [-0.4, -0.2) is 22.7 Å². The maximum atomic E-state index is 11.2. The molecule has 0 saturated carbocycles. The SMILES string of the molecule is O=C(CCl)CC(C(=O)O)c1ccc(Br)cc1. The number of halogens is 2. The number of carboxylic acids is 1. The van der Waals surface area contributed by atoms with Crippen LogP contribution in [0.25, 0.3) is 0 Å². The molecule has 0 aliphatic carbocycles. The summed E-state index contributed by atoms with van der Waals surface area (Å²) >= 11 is 8.62. The molecule has 0 radical (unpaired) electrons. The molecule has 1 rings (SSSR count). The van der Waals surface area contributed by atoms with E-state index < -0.39 is 11.9 Å². The van der Waals surface area contributed by atoms with Gasteiger partial charge < -0.3 is 5.11 Å². The fraction of sp³-hybridized carbons (Fsp3) is 0.273. The van der Waals surface area contributed by atoms with E-state index in [1.165, 1.54) is 0 Å². The van der Waals surface area contributed by atoms with Gasteiger partial charge in [0.15, 0.2) is 0 Å². The Morgan fingerprint density at radius 3 is 2.31 bits per heavy atom. The molecule has 0 saturated heterocycles. The number of benzene rings is 1. The summed E-state index contributed by atoms with van der Waals surface area (Å²) in [5, 5.41) is 9.03. The zero-order chi connectivity index (χ0) is 12.1. The average Bonchev–Trinajstić information content (AvgIpc) is 2.26. The minimum atomic E-state index is -1.01. The molecule has 0 amide bonds. The van der Waals surface area contributed by atoms with Crippen molar-refractivity contribution >= 4 is 39.3 Å². The van der Waals surface area contributed by atoms with Crippen LogP contribution in [0.1, 0.15) is 17.9 Å². The molecule has 1 unspecified atom stereocenters. The van der Waals surface area contributed by atoms with Gasteiger partial charge in [-0.15, -0.1) is 11.6 Å². The van der Waals surface area contributed by atoms with Crippen molar-refractivity contribution in [2.24, 2.45) is 0 Å². The molecule has 0 fully saturated rings. The highest BCUT2D eigenvalue weighted by Gasteiger charge is 2.22. The summed E-state index contributed by atoms with van der Waals surface area (Å²) in [7, 11) is 0. The minimum absolute atomic E-state index is 0.0690. The Morgan fingerprint density at radius 1 is 1.31 bits per heavy atom. The highest BCUT2D eigenvalue weighted by atomic mass is 79.9. The van der Waals surface area contributed by atoms with Crippen molar-refractivity contribution in [3.63, 3.8) is 0 Å². The highest BCUT2D eigenvalue weighted by Crippen LogP contribution is 2.22. The van der Waals surface area contributed by atoms with E-state index in [0.29, 0.717) is 5.56 Å². The zero-order valence-corrected chi connectivity index (χ0v) is 10.7. The largest absolute Gasteiger partial charge is 0.481 e. The monoisotopic (exact) mass is 304 g/mol. The number of carbonyl (C=O) groups excluding carboxylic acids is 1. The van der Waals surface area contributed by atoms with Gasteiger partial charge in [-0.1, -0.05) is 28.1 Å². The van der Waals surface area contributed by atoms with Crippen LogP contribution in [0, 0.1) is 0 Å². The van der Waals surface area contributed by atoms with Gasteiger partial charge in [0.2, 0.25) is 0 Å². The molecule has 0 heterocycles. The van der Waals surface area contributed by atoms with Gasteiger partial charge >= 0.3 is 5.97 Å². The molecule has 0 aliphatic rings. The summed E-state index contributed by atoms with van der Waals surface area (Å²) in [5.41, 5.74) is 0.606. The van der Waals surface area contributed by atoms with Gasteiger partial charge in [0.05, 0.1) is 11.8 Å². The molecule has 0 aliphatic heterocycles. The molecule has 86 valence electrons. The Bertz CT molecular complexity index is 389. The summed E-state index contributed by atoms with van der Waals surface area (Å²) in [6, 6.07) is 6.86. The Morgan fingerprint density at radius 2 is 1.88 bits per heavy atom. The first-order chi connectivity index (χ1) is 7.54. The van der Waals surface area contributed by atoms with Crippen LogP contribution in [0.4, 0.5) is 0 Å². The van der Waals surface area contributed by atoms with Gasteiger partial charge in [-0.2, -0.15) is 0 Å². The number of alkyl halides is 1. The van der Waals surface area contributed by atoms with Crippen molar-refractivity contribution in [2.45, 2.75) is 12.3 Å². The van der Waals surface area contributed by atoms with Crippen molar-refractivity contribution in [1.82, 2.24) is 0 Å². The van der Waals surface area contributed by atoms with E-state index in [0.717, 1.165) is 4.47 Å². The molecule has 5 heteroatoms. The summed E-state index contributed by atoms with van der Waals surface area (Å²) < 4.78 is 0.865. The van der Waals surface area contributed by atoms with Crippen molar-refractivity contribution in [3.8, 4) is 0 Å². The van der Waals surface area contributed by atoms with Gasteiger partial charge in [-0.25, -0.2) is 0 Å². The van der Waals surface area contributed by atoms with Crippen LogP contribution >= 0.6 is 27.5 Å². The zero-order valence-electron chi connectivity index (χ0n) is 8.32. The van der Waals surface area contributed by atoms with Crippen LogP contribution in [0.3, 0.4) is 0 Å². The van der Waals surface area contributed by atoms with Crippen molar-refractivity contribution in [2.75, 3.05) is 5.88 Å². The van der Waals surface area contributed by atoms with Gasteiger partial charge in [-0.3, -0.25) is 9.59 Å². The van der Waals surface area contributed by atoms with E-state index in [-0.39, 0.29) is 18.1 Å². The van der Waals surface area contributed by atoms with Crippen molar-refractivity contribution in [3.05, 3.63) is 34.3 Å². The number of carboxylic acid groups (broad SMARTS) is 1. The van der Waals surface area contributed by atoms with Crippen LogP contribution < -0.4 is 0 Å². The fourth-order valence-electron chi connectivity index (χ4n) is 1.33. The number of rotatable bonds is 5. The number of aliphatic carboxylic acids is 1. The third-order valence-corrected chi connectivity index (χ3v) is 2.98. The normalized spacial score (nSPS) is 12.1. The molecule has 3 nitrogen and oxygen atoms in total. The quantitative estimate of drug-likeness (QED) is 0.851. The van der Waals surface area contributed by atoms with Gasteiger partial charge in [0.1, 0.15) is 5.78 Å². The summed E-state index contributed by atoms with van der Waals surface area (Å²) in [6.07, 6.45) is -0.0690. The van der Waals surface area contributed by atoms with E-state index in [1.807, 2.05) is 0 Å². The third kappa shape index (κ3) is 3.61. The molecular formula is C11H10BrClO3. The lowest BCUT2D eigenvalue weighted by atomic mass is 9.94. The first kappa shape index (κ1) is 13.2. The van der Waals surface area contributed by atoms with Crippen molar-refractivity contribution in [1.29, 1.82) is 0 Å². The molecule has 1 aromatic carbocycles. The van der Waals surface area contributed by atoms with E-state index in [9.17, 15) is 9.59 Å². The average molecular weight is 306 g/mol. The molecule has 1 N–H and O–H groups in total. The lowest BCUT2D eigenvalue weighted by Crippen LogP contribution is -2.16. The predicted octanol–water partition coefficient (Wildman–Crippen LogP) is 2.82. The topological polar surface area (TPSA) is 54.4 Å². The van der Waals surface area contributed by atoms with Crippen LogP contribution in [-0.2, 0) is 9.59 Å². The maximum Gasteiger partial charge on any atom is 0.311 e. The predicted molar refractivity (Wildman–Crippen MR) is 64.9 cm³/mol. The first-order valence-corrected chi connectivity index (χ1v) is 5.93. The Balaban J connectivity index is 2.89. The molecular weight excluding hydrogens is 295 g/mol. The second-order valence-corrected chi connectivity index (χ2v) is 4.50. The van der Waals surface area contributed by atoms with Crippen LogP contribution in [0.2, 0.25) is 0 Å². The molecule has 16 heavy (non-hydrogen) atoms. The second kappa shape index (κ2) is 6.01. The summed E-state index contributed by atoms with van der Waals surface area (Å²) in [4.78, 5) is 22.2. The van der Waals surface area contributed by atoms with E-state index in [4.69, 9.17) is 16.7 Å². The number of hydrogen-bond donors (Lipinski definition) is 1. The number of carbonyl (C=O) groups is 2. The van der Waals surface area contributed by atoms with Gasteiger partial charge in [-0.05, 0) is 17.7 Å². The first-order valence-electron chi connectivity index (χ1n) is 4.60. The summed E-state index contributed by atoms with van der Waals surface area (Å²) in [5.74, 6) is -2.25. The Kier molecular flexibility index (Phi) is 4.96. The van der Waals surface area contributed by atoms with Crippen LogP contribution in [0.5, 0.6) is 0 Å². The molecule has 0 bridgehead atoms.